The number of aromatic nitrogens is 1. The maximum atomic E-state index is 5.78. The Balaban J connectivity index is 2.09. The molecule has 15 heavy (non-hydrogen) atoms. The van der Waals surface area contributed by atoms with Crippen molar-refractivity contribution in [2.24, 2.45) is 0 Å². The van der Waals surface area contributed by atoms with Gasteiger partial charge in [-0.15, -0.1) is 0 Å². The molecule has 82 valence electrons. The summed E-state index contributed by atoms with van der Waals surface area (Å²) >= 11 is 3.47. The molecule has 1 fully saturated rings. The van der Waals surface area contributed by atoms with Gasteiger partial charge in [0.1, 0.15) is 0 Å². The molecule has 0 aromatic carbocycles. The Hall–Kier alpha value is -0.610. The van der Waals surface area contributed by atoms with Crippen LogP contribution in [0.5, 0.6) is 0 Å². The molecule has 2 unspecified atom stereocenters. The first kappa shape index (κ1) is 10.9. The van der Waals surface area contributed by atoms with Crippen molar-refractivity contribution in [2.75, 3.05) is 23.3 Å². The molecule has 3 nitrogen and oxygen atoms in total. The van der Waals surface area contributed by atoms with Crippen LogP contribution < -0.4 is 4.90 Å². The van der Waals surface area contributed by atoms with E-state index in [0.717, 1.165) is 18.4 Å². The molecule has 0 N–H and O–H groups in total. The Morgan fingerprint density at radius 3 is 2.87 bits per heavy atom. The number of morpholine rings is 1. The highest BCUT2D eigenvalue weighted by molar-refractivity contribution is 9.09. The maximum Gasteiger partial charge on any atom is 0.0850 e. The number of halogens is 1. The van der Waals surface area contributed by atoms with Crippen LogP contribution in [0.3, 0.4) is 0 Å². The molecule has 1 aliphatic heterocycles. The molecule has 0 amide bonds. The van der Waals surface area contributed by atoms with Crippen LogP contribution in [0.15, 0.2) is 24.5 Å². The Kier molecular flexibility index (Phi) is 3.59. The number of rotatable bonds is 2. The average molecular weight is 271 g/mol. The molecule has 2 rings (SSSR count). The van der Waals surface area contributed by atoms with Crippen LogP contribution in [0.2, 0.25) is 0 Å². The normalized spacial score (nSPS) is 26.7. The van der Waals surface area contributed by atoms with E-state index >= 15 is 0 Å². The molecule has 2 heterocycles. The second-order valence-corrected chi connectivity index (χ2v) is 4.48. The smallest absolute Gasteiger partial charge is 0.0850 e. The van der Waals surface area contributed by atoms with Crippen molar-refractivity contribution in [1.29, 1.82) is 0 Å². The van der Waals surface area contributed by atoms with Gasteiger partial charge in [0.05, 0.1) is 12.2 Å². The van der Waals surface area contributed by atoms with E-state index < -0.39 is 0 Å². The Morgan fingerprint density at radius 2 is 2.20 bits per heavy atom. The highest BCUT2D eigenvalue weighted by atomic mass is 79.9. The second-order valence-electron chi connectivity index (χ2n) is 3.83. The van der Waals surface area contributed by atoms with E-state index in [1.807, 2.05) is 24.5 Å². The van der Waals surface area contributed by atoms with Gasteiger partial charge in [-0.3, -0.25) is 4.98 Å². The lowest BCUT2D eigenvalue weighted by Crippen LogP contribution is -2.47. The van der Waals surface area contributed by atoms with Gasteiger partial charge in [0.15, 0.2) is 0 Å². The largest absolute Gasteiger partial charge is 0.371 e. The van der Waals surface area contributed by atoms with Crippen molar-refractivity contribution in [3.8, 4) is 0 Å². The van der Waals surface area contributed by atoms with Crippen molar-refractivity contribution >= 4 is 21.6 Å². The average Bonchev–Trinajstić information content (AvgIpc) is 2.29. The molecular weight excluding hydrogens is 256 g/mol. The van der Waals surface area contributed by atoms with Gasteiger partial charge in [0, 0.05) is 36.5 Å². The number of anilines is 1. The topological polar surface area (TPSA) is 25.4 Å². The summed E-state index contributed by atoms with van der Waals surface area (Å²) in [7, 11) is 0. The molecule has 1 aliphatic rings. The van der Waals surface area contributed by atoms with Crippen LogP contribution in [0.1, 0.15) is 6.92 Å². The van der Waals surface area contributed by atoms with Gasteiger partial charge in [-0.2, -0.15) is 0 Å². The highest BCUT2D eigenvalue weighted by Gasteiger charge is 2.24. The molecule has 0 saturated carbocycles. The number of ether oxygens (including phenoxy) is 1. The first-order valence-corrected chi connectivity index (χ1v) is 6.28. The molecule has 1 aromatic heterocycles. The van der Waals surface area contributed by atoms with E-state index in [0.29, 0.717) is 0 Å². The van der Waals surface area contributed by atoms with Gasteiger partial charge in [-0.25, -0.2) is 0 Å². The zero-order valence-corrected chi connectivity index (χ0v) is 10.4. The molecule has 1 saturated heterocycles. The third kappa shape index (κ3) is 2.69. The summed E-state index contributed by atoms with van der Waals surface area (Å²) in [5.41, 5.74) is 1.23. The zero-order chi connectivity index (χ0) is 10.7. The van der Waals surface area contributed by atoms with Crippen LogP contribution in [0.25, 0.3) is 0 Å². The van der Waals surface area contributed by atoms with Crippen molar-refractivity contribution in [3.63, 3.8) is 0 Å². The number of alkyl halides is 1. The highest BCUT2D eigenvalue weighted by Crippen LogP contribution is 2.19. The predicted molar refractivity (Wildman–Crippen MR) is 64.6 cm³/mol. The van der Waals surface area contributed by atoms with E-state index in [1.54, 1.807) is 0 Å². The van der Waals surface area contributed by atoms with Crippen molar-refractivity contribution < 1.29 is 4.74 Å². The van der Waals surface area contributed by atoms with Crippen LogP contribution in [-0.2, 0) is 4.74 Å². The molecule has 0 radical (unpaired) electrons. The summed E-state index contributed by atoms with van der Waals surface area (Å²) in [6, 6.07) is 4.09. The van der Waals surface area contributed by atoms with Crippen molar-refractivity contribution in [2.45, 2.75) is 19.1 Å². The van der Waals surface area contributed by atoms with Gasteiger partial charge in [0.25, 0.3) is 0 Å². The van der Waals surface area contributed by atoms with E-state index in [2.05, 4.69) is 32.7 Å². The molecule has 2 atom stereocenters. The fourth-order valence-corrected chi connectivity index (χ4v) is 2.25. The minimum Gasteiger partial charge on any atom is -0.371 e. The fourth-order valence-electron chi connectivity index (χ4n) is 1.90. The number of nitrogens with zero attached hydrogens (tertiary/aromatic N) is 2. The van der Waals surface area contributed by atoms with Crippen LogP contribution >= 0.6 is 15.9 Å². The van der Waals surface area contributed by atoms with Crippen molar-refractivity contribution in [3.05, 3.63) is 24.5 Å². The van der Waals surface area contributed by atoms with Crippen LogP contribution in [0.4, 0.5) is 5.69 Å². The van der Waals surface area contributed by atoms with Gasteiger partial charge in [-0.1, -0.05) is 15.9 Å². The number of hydrogen-bond acceptors (Lipinski definition) is 3. The summed E-state index contributed by atoms with van der Waals surface area (Å²) in [5, 5.41) is 0.888. The SMILES string of the molecule is CC1CN(c2ccncc2)CC(CBr)O1. The number of hydrogen-bond donors (Lipinski definition) is 0. The van der Waals surface area contributed by atoms with Crippen LogP contribution in [0, 0.1) is 0 Å². The first-order chi connectivity index (χ1) is 7.29. The molecule has 0 aliphatic carbocycles. The quantitative estimate of drug-likeness (QED) is 0.770. The lowest BCUT2D eigenvalue weighted by molar-refractivity contribution is -0.00199. The number of pyridine rings is 1. The second kappa shape index (κ2) is 4.94. The Labute approximate surface area is 98.6 Å². The standard InChI is InChI=1S/C11H15BrN2O/c1-9-7-14(8-11(6-12)15-9)10-2-4-13-5-3-10/h2-5,9,11H,6-8H2,1H3. The lowest BCUT2D eigenvalue weighted by Gasteiger charge is -2.37. The fraction of sp³-hybridized carbons (Fsp3) is 0.545. The minimum atomic E-state index is 0.280. The van der Waals surface area contributed by atoms with E-state index in [4.69, 9.17) is 4.74 Å². The van der Waals surface area contributed by atoms with Gasteiger partial charge < -0.3 is 9.64 Å². The lowest BCUT2D eigenvalue weighted by atomic mass is 10.2. The van der Waals surface area contributed by atoms with Gasteiger partial charge in [-0.05, 0) is 19.1 Å². The van der Waals surface area contributed by atoms with Crippen molar-refractivity contribution in [1.82, 2.24) is 4.98 Å². The summed E-state index contributed by atoms with van der Waals surface area (Å²) in [6.07, 6.45) is 4.23. The zero-order valence-electron chi connectivity index (χ0n) is 8.77. The third-order valence-electron chi connectivity index (χ3n) is 2.53. The summed E-state index contributed by atoms with van der Waals surface area (Å²) in [6.45, 7) is 4.01. The molecular formula is C11H15BrN2O. The Morgan fingerprint density at radius 1 is 1.47 bits per heavy atom. The summed E-state index contributed by atoms with van der Waals surface area (Å²) in [5.74, 6) is 0. The van der Waals surface area contributed by atoms with E-state index in [-0.39, 0.29) is 12.2 Å². The third-order valence-corrected chi connectivity index (χ3v) is 3.25. The molecule has 0 spiro atoms. The van der Waals surface area contributed by atoms with Crippen LogP contribution in [-0.4, -0.2) is 35.6 Å². The van der Waals surface area contributed by atoms with Gasteiger partial charge in [0.2, 0.25) is 0 Å². The molecule has 1 aromatic rings. The summed E-state index contributed by atoms with van der Waals surface area (Å²) in [4.78, 5) is 6.38. The van der Waals surface area contributed by atoms with E-state index in [1.165, 1.54) is 5.69 Å². The molecule has 0 bridgehead atoms. The molecule has 4 heteroatoms. The Bertz CT molecular complexity index is 307. The summed E-state index contributed by atoms with van der Waals surface area (Å²) < 4.78 is 5.78. The predicted octanol–water partition coefficient (Wildman–Crippen LogP) is 2.07. The monoisotopic (exact) mass is 270 g/mol. The maximum absolute atomic E-state index is 5.78. The minimum absolute atomic E-state index is 0.280. The van der Waals surface area contributed by atoms with E-state index in [9.17, 15) is 0 Å². The van der Waals surface area contributed by atoms with Gasteiger partial charge >= 0.3 is 0 Å². The first-order valence-electron chi connectivity index (χ1n) is 5.16.